The summed E-state index contributed by atoms with van der Waals surface area (Å²) in [7, 11) is -3.42. The summed E-state index contributed by atoms with van der Waals surface area (Å²) >= 11 is 0. The zero-order chi connectivity index (χ0) is 87.8. The van der Waals surface area contributed by atoms with Crippen molar-refractivity contribution in [2.45, 2.75) is 62.5 Å². The first-order valence-corrected chi connectivity index (χ1v) is 38.6. The maximum Gasteiger partial charge on any atom is 0.200 e. The van der Waals surface area contributed by atoms with Crippen molar-refractivity contribution in [1.29, 1.82) is 0 Å². The Bertz CT molecular complexity index is 4900. The largest absolute Gasteiger partial charge is 0.207 e. The molecule has 12 aromatic carbocycles. The summed E-state index contributed by atoms with van der Waals surface area (Å²) in [5, 5.41) is 0. The molecule has 0 aliphatic rings. The third-order valence-electron chi connectivity index (χ3n) is 19.4. The van der Waals surface area contributed by atoms with Crippen LogP contribution in [0.1, 0.15) is 72.9 Å². The van der Waals surface area contributed by atoms with Crippen LogP contribution >= 0.6 is 0 Å². The predicted molar refractivity (Wildman–Crippen MR) is 401 cm³/mol. The third-order valence-corrected chi connectivity index (χ3v) is 24.1. The second kappa shape index (κ2) is 38.5. The molecule has 34 heteroatoms. The van der Waals surface area contributed by atoms with Gasteiger partial charge in [-0.25, -0.2) is 132 Å². The third kappa shape index (κ3) is 17.5. The van der Waals surface area contributed by atoms with Gasteiger partial charge in [0.25, 0.3) is 0 Å². The van der Waals surface area contributed by atoms with Crippen LogP contribution in [-0.2, 0) is 44.8 Å². The number of hydrogen-bond acceptors (Lipinski definition) is 0. The number of benzene rings is 12. The fourth-order valence-electron chi connectivity index (χ4n) is 13.9. The Balaban J connectivity index is 0.000000236. The lowest BCUT2D eigenvalue weighted by molar-refractivity contribution is 0.379. The standard InChI is InChI=1S/2C40H20BF15S.C6H14/c2*42-26-23(27(43)33(49)38(54)32(26)48)41(24-28(44)34(50)39(55)35(51)29(24)45,25-30(46)36(52)40(56)37(53)31(25)47)16-22(21-14-8-3-9-15-21)57(17-19-10-4-1-5-11-19)18-20-12-6-2-7-13-20;1-3-5-6-4-2/h2*1-16H,17-18H2;3-6H2,1-2H3/b2*22-16+;. The Labute approximate surface area is 669 Å². The average molecular weight is 1740 g/mol. The minimum atomic E-state index is -5.94. The zero-order valence-corrected chi connectivity index (χ0v) is 63.1. The summed E-state index contributed by atoms with van der Waals surface area (Å²) in [5.74, 6) is -92.0. The molecular weight excluding hydrogens is 1690 g/mol. The smallest absolute Gasteiger partial charge is 0.200 e. The first kappa shape index (κ1) is 91.2. The molecule has 0 radical (unpaired) electrons. The fraction of sp³-hybridized carbons (Fsp3) is 0.116. The Morgan fingerprint density at radius 3 is 0.475 bits per heavy atom. The van der Waals surface area contributed by atoms with Crippen LogP contribution in [0.5, 0.6) is 0 Å². The quantitative estimate of drug-likeness (QED) is 0.0150. The van der Waals surface area contributed by atoms with Crippen LogP contribution in [0.3, 0.4) is 0 Å². The lowest BCUT2D eigenvalue weighted by atomic mass is 9.15. The van der Waals surface area contributed by atoms with E-state index in [1.807, 2.05) is 0 Å². The number of unbranched alkanes of at least 4 members (excludes halogenated alkanes) is 3. The van der Waals surface area contributed by atoms with Gasteiger partial charge in [0, 0.05) is 55.2 Å². The van der Waals surface area contributed by atoms with Gasteiger partial charge in [-0.3, -0.25) is 0 Å². The number of hydrogen-bond donors (Lipinski definition) is 0. The van der Waals surface area contributed by atoms with E-state index in [4.69, 9.17) is 0 Å². The highest BCUT2D eigenvalue weighted by molar-refractivity contribution is 8.04. The highest BCUT2D eigenvalue weighted by atomic mass is 32.2. The molecule has 12 aromatic rings. The van der Waals surface area contributed by atoms with E-state index in [2.05, 4.69) is 13.8 Å². The molecule has 0 saturated heterocycles. The monoisotopic (exact) mass is 1740 g/mol. The first-order chi connectivity index (χ1) is 57.0. The zero-order valence-electron chi connectivity index (χ0n) is 61.4. The normalized spacial score (nSPS) is 12.0. The van der Waals surface area contributed by atoms with Gasteiger partial charge in [0.1, 0.15) is 115 Å². The van der Waals surface area contributed by atoms with Crippen molar-refractivity contribution in [2.75, 3.05) is 0 Å². The molecule has 0 bridgehead atoms. The maximum absolute atomic E-state index is 16.4. The van der Waals surface area contributed by atoms with E-state index in [1.165, 1.54) is 86.3 Å². The molecule has 0 nitrogen and oxygen atoms in total. The molecule has 0 heterocycles. The van der Waals surface area contributed by atoms with Crippen molar-refractivity contribution in [1.82, 2.24) is 0 Å². The molecule has 0 N–H and O–H groups in total. The van der Waals surface area contributed by atoms with E-state index in [-0.39, 0.29) is 46.1 Å². The average Bonchev–Trinajstić information content (AvgIpc) is 0.700. The van der Waals surface area contributed by atoms with Crippen molar-refractivity contribution in [3.63, 3.8) is 0 Å². The van der Waals surface area contributed by atoms with Crippen LogP contribution < -0.4 is 32.8 Å². The molecule has 0 aliphatic heterocycles. The van der Waals surface area contributed by atoms with Crippen molar-refractivity contribution in [2.24, 2.45) is 0 Å². The molecule has 0 spiro atoms. The highest BCUT2D eigenvalue weighted by Crippen LogP contribution is 2.40. The van der Waals surface area contributed by atoms with Gasteiger partial charge in [-0.1, -0.05) is 222 Å². The second-order valence-corrected chi connectivity index (χ2v) is 30.8. The second-order valence-electron chi connectivity index (χ2n) is 26.8. The maximum atomic E-state index is 16.4. The van der Waals surface area contributed by atoms with Gasteiger partial charge >= 0.3 is 0 Å². The number of rotatable bonds is 23. The molecule has 0 aliphatic carbocycles. The van der Waals surface area contributed by atoms with Crippen molar-refractivity contribution in [3.8, 4) is 0 Å². The molecule has 0 saturated carbocycles. The Kier molecular flexibility index (Phi) is 29.2. The number of halogens is 30. The summed E-state index contributed by atoms with van der Waals surface area (Å²) < 4.78 is 467. The van der Waals surface area contributed by atoms with Crippen LogP contribution in [0.4, 0.5) is 132 Å². The van der Waals surface area contributed by atoms with E-state index < -0.39 is 251 Å². The molecule has 120 heavy (non-hydrogen) atoms. The van der Waals surface area contributed by atoms with Gasteiger partial charge in [-0.15, -0.1) is 32.8 Å². The van der Waals surface area contributed by atoms with Crippen molar-refractivity contribution < 1.29 is 132 Å². The summed E-state index contributed by atoms with van der Waals surface area (Å²) in [4.78, 5) is -1.11. The van der Waals surface area contributed by atoms with Crippen molar-refractivity contribution in [3.05, 3.63) is 402 Å². The molecular formula is C86H54B2F30S2. The van der Waals surface area contributed by atoms with Crippen LogP contribution in [-0.4, -0.2) is 12.3 Å². The Morgan fingerprint density at radius 2 is 0.333 bits per heavy atom. The van der Waals surface area contributed by atoms with E-state index in [0.29, 0.717) is 22.3 Å². The summed E-state index contributed by atoms with van der Waals surface area (Å²) in [6.45, 7) is 4.46. The van der Waals surface area contributed by atoms with Crippen LogP contribution in [0, 0.1) is 175 Å². The van der Waals surface area contributed by atoms with E-state index in [1.54, 1.807) is 121 Å². The van der Waals surface area contributed by atoms with E-state index in [0.717, 1.165) is 0 Å². The summed E-state index contributed by atoms with van der Waals surface area (Å²) in [6, 6.07) is 43.9. The van der Waals surface area contributed by atoms with E-state index in [9.17, 15) is 26.3 Å². The van der Waals surface area contributed by atoms with Gasteiger partial charge in [-0.2, -0.15) is 12.0 Å². The molecule has 0 amide bonds. The highest BCUT2D eigenvalue weighted by Gasteiger charge is 2.52. The molecule has 0 fully saturated rings. The van der Waals surface area contributed by atoms with Gasteiger partial charge in [0.2, 0.25) is 0 Å². The minimum Gasteiger partial charge on any atom is -0.207 e. The van der Waals surface area contributed by atoms with Crippen molar-refractivity contribution >= 4 is 76.7 Å². The van der Waals surface area contributed by atoms with Crippen LogP contribution in [0.25, 0.3) is 9.81 Å². The van der Waals surface area contributed by atoms with Crippen LogP contribution in [0.15, 0.2) is 194 Å². The summed E-state index contributed by atoms with van der Waals surface area (Å²) in [6.07, 6.45) is -6.35. The van der Waals surface area contributed by atoms with Gasteiger partial charge in [0.05, 0.1) is 0 Å². The van der Waals surface area contributed by atoms with Gasteiger partial charge < -0.3 is 0 Å². The van der Waals surface area contributed by atoms with E-state index >= 15 is 105 Å². The van der Waals surface area contributed by atoms with Gasteiger partial charge in [0.15, 0.2) is 105 Å². The Morgan fingerprint density at radius 1 is 0.200 bits per heavy atom. The van der Waals surface area contributed by atoms with Gasteiger partial charge in [-0.05, 0) is 0 Å². The Hall–Kier alpha value is -11.2. The predicted octanol–water partition coefficient (Wildman–Crippen LogP) is 22.3. The van der Waals surface area contributed by atoms with Crippen LogP contribution in [0.2, 0.25) is 0 Å². The molecule has 0 unspecified atom stereocenters. The topological polar surface area (TPSA) is 0 Å². The molecule has 626 valence electrons. The molecule has 0 aromatic heterocycles. The molecule has 12 rings (SSSR count). The fourth-order valence-corrected chi connectivity index (χ4v) is 18.8. The minimum absolute atomic E-state index is 0.0825. The lowest BCUT2D eigenvalue weighted by Crippen LogP contribution is -2.72. The first-order valence-electron chi connectivity index (χ1n) is 35.5. The SMILES string of the molecule is CCCCCC.Fc1c(F)c(F)c([B-](/C=C(\c2ccccc2)[S+](Cc2ccccc2)Cc2ccccc2)(c2c(F)c(F)c(F)c(F)c2F)c2c(F)c(F)c(F)c(F)c2F)c(F)c1F.Fc1c(F)c(F)c([B-](/C=C(\c2ccccc2)[S+](Cc2ccccc2)Cc2ccccc2)(c2c(F)c(F)c(F)c(F)c2F)c2c(F)c(F)c(F)c(F)c2F)c(F)c1F. The molecule has 0 atom stereocenters. The lowest BCUT2D eigenvalue weighted by Gasteiger charge is -2.42. The summed E-state index contributed by atoms with van der Waals surface area (Å²) in [5.41, 5.74) is -14.8.